The summed E-state index contributed by atoms with van der Waals surface area (Å²) in [5.74, 6) is 0.855. The summed E-state index contributed by atoms with van der Waals surface area (Å²) in [6.07, 6.45) is 2.14. The second-order valence-corrected chi connectivity index (χ2v) is 4.74. The Morgan fingerprint density at radius 1 is 1.05 bits per heavy atom. The van der Waals surface area contributed by atoms with Crippen LogP contribution in [0.2, 0.25) is 0 Å². The van der Waals surface area contributed by atoms with Crippen molar-refractivity contribution in [1.82, 2.24) is 10.2 Å². The number of anilines is 1. The van der Waals surface area contributed by atoms with E-state index in [1.54, 1.807) is 0 Å². The first kappa shape index (κ1) is 13.5. The highest BCUT2D eigenvalue weighted by Crippen LogP contribution is 2.22. The third-order valence-electron chi connectivity index (χ3n) is 3.18. The van der Waals surface area contributed by atoms with Crippen LogP contribution < -0.4 is 5.32 Å². The predicted octanol–water partition coefficient (Wildman–Crippen LogP) is 3.84. The lowest BCUT2D eigenvalue weighted by Gasteiger charge is -2.08. The van der Waals surface area contributed by atoms with Crippen LogP contribution in [0, 0.1) is 6.92 Å². The zero-order chi connectivity index (χ0) is 13.7. The summed E-state index contributed by atoms with van der Waals surface area (Å²) >= 11 is 0. The quantitative estimate of drug-likeness (QED) is 0.882. The lowest BCUT2D eigenvalue weighted by atomic mass is 10.0. The summed E-state index contributed by atoms with van der Waals surface area (Å²) in [7, 11) is 0. The zero-order valence-corrected chi connectivity index (χ0v) is 11.9. The third kappa shape index (κ3) is 3.31. The molecule has 1 aromatic heterocycles. The number of benzene rings is 1. The van der Waals surface area contributed by atoms with Crippen LogP contribution in [-0.2, 0) is 6.42 Å². The van der Waals surface area contributed by atoms with Crippen LogP contribution in [0.1, 0.15) is 31.4 Å². The van der Waals surface area contributed by atoms with Gasteiger partial charge >= 0.3 is 0 Å². The van der Waals surface area contributed by atoms with Gasteiger partial charge in [-0.15, -0.1) is 10.2 Å². The highest BCUT2D eigenvalue weighted by atomic mass is 15.2. The van der Waals surface area contributed by atoms with E-state index in [-0.39, 0.29) is 0 Å². The fourth-order valence-corrected chi connectivity index (χ4v) is 2.01. The minimum atomic E-state index is 0.855. The number of rotatable bonds is 5. The van der Waals surface area contributed by atoms with E-state index < -0.39 is 0 Å². The highest BCUT2D eigenvalue weighted by Gasteiger charge is 2.06. The van der Waals surface area contributed by atoms with Gasteiger partial charge in [0.1, 0.15) is 5.82 Å². The maximum absolute atomic E-state index is 4.34. The van der Waals surface area contributed by atoms with E-state index in [9.17, 15) is 0 Å². The van der Waals surface area contributed by atoms with Crippen molar-refractivity contribution in [3.05, 3.63) is 41.5 Å². The van der Waals surface area contributed by atoms with Crippen LogP contribution in [-0.4, -0.2) is 16.7 Å². The summed E-state index contributed by atoms with van der Waals surface area (Å²) in [6, 6.07) is 10.6. The summed E-state index contributed by atoms with van der Waals surface area (Å²) < 4.78 is 0. The predicted molar refractivity (Wildman–Crippen MR) is 80.4 cm³/mol. The van der Waals surface area contributed by atoms with E-state index in [0.717, 1.165) is 42.0 Å². The molecule has 0 spiro atoms. The lowest BCUT2D eigenvalue weighted by molar-refractivity contribution is 0.941. The summed E-state index contributed by atoms with van der Waals surface area (Å²) in [4.78, 5) is 0. The average molecular weight is 255 g/mol. The van der Waals surface area contributed by atoms with E-state index in [1.807, 2.05) is 0 Å². The van der Waals surface area contributed by atoms with Gasteiger partial charge < -0.3 is 5.32 Å². The van der Waals surface area contributed by atoms with Gasteiger partial charge in [-0.3, -0.25) is 0 Å². The first-order valence-corrected chi connectivity index (χ1v) is 6.92. The molecule has 0 aliphatic rings. The van der Waals surface area contributed by atoms with E-state index >= 15 is 0 Å². The van der Waals surface area contributed by atoms with Gasteiger partial charge in [-0.2, -0.15) is 0 Å². The fourth-order valence-electron chi connectivity index (χ4n) is 2.01. The Morgan fingerprint density at radius 2 is 1.79 bits per heavy atom. The maximum atomic E-state index is 4.34. The van der Waals surface area contributed by atoms with Crippen LogP contribution in [0.3, 0.4) is 0 Å². The summed E-state index contributed by atoms with van der Waals surface area (Å²) in [6.45, 7) is 7.30. The molecule has 0 aliphatic carbocycles. The molecule has 0 fully saturated rings. The average Bonchev–Trinajstić information content (AvgIpc) is 2.45. The molecule has 100 valence electrons. The van der Waals surface area contributed by atoms with Gasteiger partial charge in [0.25, 0.3) is 0 Å². The molecule has 0 atom stereocenters. The smallest absolute Gasteiger partial charge is 0.148 e. The van der Waals surface area contributed by atoms with Crippen LogP contribution in [0.25, 0.3) is 11.3 Å². The number of nitrogens with one attached hydrogen (secondary N) is 1. The molecule has 0 aliphatic heterocycles. The normalized spacial score (nSPS) is 10.5. The van der Waals surface area contributed by atoms with Crippen LogP contribution in [0.15, 0.2) is 30.3 Å². The molecule has 0 amide bonds. The van der Waals surface area contributed by atoms with Crippen molar-refractivity contribution >= 4 is 5.82 Å². The lowest BCUT2D eigenvalue weighted by Crippen LogP contribution is -2.04. The van der Waals surface area contributed by atoms with Crippen molar-refractivity contribution < 1.29 is 0 Å². The number of aromatic nitrogens is 2. The molecule has 19 heavy (non-hydrogen) atoms. The molecule has 1 aromatic carbocycles. The van der Waals surface area contributed by atoms with Gasteiger partial charge in [-0.05, 0) is 37.0 Å². The largest absolute Gasteiger partial charge is 0.369 e. The fraction of sp³-hybridized carbons (Fsp3) is 0.375. The molecule has 0 unspecified atom stereocenters. The SMILES string of the molecule is CCCNc1cc(C)c(-c2ccc(CC)cc2)nn1. The molecular weight excluding hydrogens is 234 g/mol. The van der Waals surface area contributed by atoms with Crippen LogP contribution in [0.4, 0.5) is 5.82 Å². The minimum Gasteiger partial charge on any atom is -0.369 e. The van der Waals surface area contributed by atoms with Crippen molar-refractivity contribution in [2.45, 2.75) is 33.6 Å². The van der Waals surface area contributed by atoms with Crippen molar-refractivity contribution in [3.8, 4) is 11.3 Å². The van der Waals surface area contributed by atoms with Crippen LogP contribution >= 0.6 is 0 Å². The standard InChI is InChI=1S/C16H21N3/c1-4-10-17-15-11-12(3)16(19-18-15)14-8-6-13(5-2)7-9-14/h6-9,11H,4-5,10H2,1-3H3,(H,17,18). The zero-order valence-electron chi connectivity index (χ0n) is 11.9. The Kier molecular flexibility index (Phi) is 4.50. The van der Waals surface area contributed by atoms with Crippen molar-refractivity contribution in [2.24, 2.45) is 0 Å². The number of hydrogen-bond acceptors (Lipinski definition) is 3. The Bertz CT molecular complexity index is 532. The van der Waals surface area contributed by atoms with Gasteiger partial charge in [0.05, 0.1) is 5.69 Å². The van der Waals surface area contributed by atoms with Crippen LogP contribution in [0.5, 0.6) is 0 Å². The van der Waals surface area contributed by atoms with Gasteiger partial charge in [0.2, 0.25) is 0 Å². The summed E-state index contributed by atoms with van der Waals surface area (Å²) in [5, 5.41) is 11.8. The van der Waals surface area contributed by atoms with Gasteiger partial charge in [0.15, 0.2) is 0 Å². The van der Waals surface area contributed by atoms with E-state index in [2.05, 4.69) is 66.6 Å². The third-order valence-corrected chi connectivity index (χ3v) is 3.18. The Labute approximate surface area is 115 Å². The second-order valence-electron chi connectivity index (χ2n) is 4.74. The number of nitrogens with zero attached hydrogens (tertiary/aromatic N) is 2. The topological polar surface area (TPSA) is 37.8 Å². The van der Waals surface area contributed by atoms with Crippen molar-refractivity contribution in [3.63, 3.8) is 0 Å². The van der Waals surface area contributed by atoms with E-state index in [4.69, 9.17) is 0 Å². The van der Waals surface area contributed by atoms with Crippen molar-refractivity contribution in [1.29, 1.82) is 0 Å². The molecule has 0 radical (unpaired) electrons. The Hall–Kier alpha value is -1.90. The highest BCUT2D eigenvalue weighted by molar-refractivity contribution is 5.64. The first-order chi connectivity index (χ1) is 9.24. The molecule has 1 N–H and O–H groups in total. The van der Waals surface area contributed by atoms with E-state index in [0.29, 0.717) is 0 Å². The molecule has 0 bridgehead atoms. The molecule has 3 nitrogen and oxygen atoms in total. The Balaban J connectivity index is 2.24. The molecule has 3 heteroatoms. The molecule has 0 saturated carbocycles. The molecular formula is C16H21N3. The molecule has 2 rings (SSSR count). The second kappa shape index (κ2) is 6.32. The number of hydrogen-bond donors (Lipinski definition) is 1. The van der Waals surface area contributed by atoms with Crippen molar-refractivity contribution in [2.75, 3.05) is 11.9 Å². The minimum absolute atomic E-state index is 0.855. The Morgan fingerprint density at radius 3 is 2.37 bits per heavy atom. The van der Waals surface area contributed by atoms with E-state index in [1.165, 1.54) is 5.56 Å². The summed E-state index contributed by atoms with van der Waals surface area (Å²) in [5.41, 5.74) is 4.59. The molecule has 2 aromatic rings. The monoisotopic (exact) mass is 255 g/mol. The van der Waals surface area contributed by atoms with Gasteiger partial charge in [0, 0.05) is 12.1 Å². The molecule has 0 saturated heterocycles. The van der Waals surface area contributed by atoms with Gasteiger partial charge in [-0.1, -0.05) is 38.1 Å². The number of aryl methyl sites for hydroxylation is 2. The molecule has 1 heterocycles. The first-order valence-electron chi connectivity index (χ1n) is 6.92. The maximum Gasteiger partial charge on any atom is 0.148 e. The van der Waals surface area contributed by atoms with Gasteiger partial charge in [-0.25, -0.2) is 0 Å².